The summed E-state index contributed by atoms with van der Waals surface area (Å²) in [6.07, 6.45) is -10.6. The van der Waals surface area contributed by atoms with Gasteiger partial charge < -0.3 is 9.47 Å². The first-order valence-corrected chi connectivity index (χ1v) is 5.68. The highest BCUT2D eigenvalue weighted by Crippen LogP contribution is 2.36. The predicted octanol–water partition coefficient (Wildman–Crippen LogP) is 3.64. The lowest BCUT2D eigenvalue weighted by atomic mass is 10.0. The van der Waals surface area contributed by atoms with Gasteiger partial charge in [0.2, 0.25) is 0 Å². The van der Waals surface area contributed by atoms with Gasteiger partial charge in [-0.05, 0) is 23.8 Å². The highest BCUT2D eigenvalue weighted by atomic mass is 19.4. The fraction of sp³-hybridized carbons (Fsp3) is 0.500. The third-order valence-corrected chi connectivity index (χ3v) is 2.74. The van der Waals surface area contributed by atoms with Crippen LogP contribution in [0.4, 0.5) is 26.3 Å². The van der Waals surface area contributed by atoms with E-state index in [0.717, 1.165) is 0 Å². The molecule has 1 saturated heterocycles. The quantitative estimate of drug-likeness (QED) is 0.776. The second kappa shape index (κ2) is 5.25. The third-order valence-electron chi connectivity index (χ3n) is 2.74. The molecule has 0 aliphatic carbocycles. The highest BCUT2D eigenvalue weighted by Gasteiger charge is 2.37. The van der Waals surface area contributed by atoms with Crippen molar-refractivity contribution in [2.24, 2.45) is 0 Å². The maximum atomic E-state index is 12.6. The minimum atomic E-state index is -4.84. The molecular formula is C12H10F6O2. The molecule has 0 amide bonds. The number of alkyl halides is 6. The lowest BCUT2D eigenvalue weighted by Gasteiger charge is -2.15. The van der Waals surface area contributed by atoms with E-state index in [0.29, 0.717) is 12.1 Å². The molecule has 0 spiro atoms. The van der Waals surface area contributed by atoms with Crippen molar-refractivity contribution in [2.45, 2.75) is 25.1 Å². The standard InChI is InChI=1S/C12H10F6O2/c13-11(14,15)8-3-7(5-10-19-1-2-20-10)4-9(6-8)12(16,17)18/h3-4,6,10H,1-2,5H2. The highest BCUT2D eigenvalue weighted by molar-refractivity contribution is 5.33. The van der Waals surface area contributed by atoms with Crippen molar-refractivity contribution < 1.29 is 35.8 Å². The molecule has 0 N–H and O–H groups in total. The summed E-state index contributed by atoms with van der Waals surface area (Å²) in [5.41, 5.74) is -2.79. The zero-order chi connectivity index (χ0) is 15.0. The van der Waals surface area contributed by atoms with Gasteiger partial charge in [0, 0.05) is 6.42 Å². The van der Waals surface area contributed by atoms with Crippen LogP contribution in [0.2, 0.25) is 0 Å². The van der Waals surface area contributed by atoms with Gasteiger partial charge in [0.15, 0.2) is 6.29 Å². The van der Waals surface area contributed by atoms with Crippen molar-refractivity contribution in [1.29, 1.82) is 0 Å². The van der Waals surface area contributed by atoms with Gasteiger partial charge in [0.05, 0.1) is 24.3 Å². The zero-order valence-electron chi connectivity index (χ0n) is 10.0. The lowest BCUT2D eigenvalue weighted by molar-refractivity contribution is -0.143. The van der Waals surface area contributed by atoms with Crippen molar-refractivity contribution in [1.82, 2.24) is 0 Å². The molecule has 1 aromatic carbocycles. The average molecular weight is 300 g/mol. The van der Waals surface area contributed by atoms with Crippen LogP contribution in [0.1, 0.15) is 16.7 Å². The van der Waals surface area contributed by atoms with Crippen molar-refractivity contribution in [3.63, 3.8) is 0 Å². The third kappa shape index (κ3) is 3.63. The van der Waals surface area contributed by atoms with Gasteiger partial charge in [-0.2, -0.15) is 26.3 Å². The number of hydrogen-bond donors (Lipinski definition) is 0. The molecule has 112 valence electrons. The Morgan fingerprint density at radius 2 is 1.30 bits per heavy atom. The SMILES string of the molecule is FC(F)(F)c1cc(CC2OCCO2)cc(C(F)(F)F)c1. The van der Waals surface area contributed by atoms with Crippen molar-refractivity contribution >= 4 is 0 Å². The molecule has 1 fully saturated rings. The van der Waals surface area contributed by atoms with E-state index in [1.807, 2.05) is 0 Å². The Hall–Kier alpha value is -1.28. The minimum Gasteiger partial charge on any atom is -0.350 e. The predicted molar refractivity (Wildman–Crippen MR) is 55.8 cm³/mol. The van der Waals surface area contributed by atoms with Gasteiger partial charge >= 0.3 is 12.4 Å². The molecule has 0 aromatic heterocycles. The van der Waals surface area contributed by atoms with Gasteiger partial charge in [0.25, 0.3) is 0 Å². The van der Waals surface area contributed by atoms with Gasteiger partial charge in [-0.25, -0.2) is 0 Å². The molecule has 1 aliphatic heterocycles. The van der Waals surface area contributed by atoms with E-state index < -0.39 is 29.8 Å². The van der Waals surface area contributed by atoms with E-state index in [9.17, 15) is 26.3 Å². The number of rotatable bonds is 2. The summed E-state index contributed by atoms with van der Waals surface area (Å²) in [5.74, 6) is 0. The summed E-state index contributed by atoms with van der Waals surface area (Å²) in [6, 6.07) is 1.46. The molecule has 1 aromatic rings. The molecule has 20 heavy (non-hydrogen) atoms. The second-order valence-corrected chi connectivity index (χ2v) is 4.29. The summed E-state index contributed by atoms with van der Waals surface area (Å²) >= 11 is 0. The van der Waals surface area contributed by atoms with Crippen LogP contribution in [0, 0.1) is 0 Å². The lowest BCUT2D eigenvalue weighted by Crippen LogP contribution is -2.15. The van der Waals surface area contributed by atoms with Crippen LogP contribution >= 0.6 is 0 Å². The first-order valence-electron chi connectivity index (χ1n) is 5.68. The number of benzene rings is 1. The van der Waals surface area contributed by atoms with E-state index in [1.54, 1.807) is 0 Å². The van der Waals surface area contributed by atoms with Crippen molar-refractivity contribution in [3.05, 3.63) is 34.9 Å². The fourth-order valence-electron chi connectivity index (χ4n) is 1.85. The molecule has 0 saturated carbocycles. The van der Waals surface area contributed by atoms with Gasteiger partial charge in [-0.15, -0.1) is 0 Å². The fourth-order valence-corrected chi connectivity index (χ4v) is 1.85. The Bertz CT molecular complexity index is 442. The number of hydrogen-bond acceptors (Lipinski definition) is 2. The molecule has 1 aliphatic rings. The maximum Gasteiger partial charge on any atom is 0.416 e. The summed E-state index contributed by atoms with van der Waals surface area (Å²) in [7, 11) is 0. The van der Waals surface area contributed by atoms with Crippen LogP contribution < -0.4 is 0 Å². The van der Waals surface area contributed by atoms with Crippen molar-refractivity contribution in [3.8, 4) is 0 Å². The Balaban J connectivity index is 2.34. The number of ether oxygens (including phenoxy) is 2. The monoisotopic (exact) mass is 300 g/mol. The average Bonchev–Trinajstić information content (AvgIpc) is 2.79. The van der Waals surface area contributed by atoms with Crippen LogP contribution in [0.3, 0.4) is 0 Å². The largest absolute Gasteiger partial charge is 0.416 e. The number of halogens is 6. The summed E-state index contributed by atoms with van der Waals surface area (Å²) in [5, 5.41) is 0. The smallest absolute Gasteiger partial charge is 0.350 e. The Kier molecular flexibility index (Phi) is 3.97. The molecule has 2 rings (SSSR count). The van der Waals surface area contributed by atoms with Crippen LogP contribution in [0.15, 0.2) is 18.2 Å². The van der Waals surface area contributed by atoms with Gasteiger partial charge in [-0.1, -0.05) is 0 Å². The normalized spacial score (nSPS) is 17.7. The minimum absolute atomic E-state index is 0.0971. The Labute approximate surface area is 110 Å². The summed E-state index contributed by atoms with van der Waals surface area (Å²) in [4.78, 5) is 0. The molecule has 0 unspecified atom stereocenters. The molecule has 8 heteroatoms. The molecule has 0 atom stereocenters. The van der Waals surface area contributed by atoms with Gasteiger partial charge in [-0.3, -0.25) is 0 Å². The van der Waals surface area contributed by atoms with Crippen LogP contribution in [-0.2, 0) is 28.2 Å². The molecule has 0 bridgehead atoms. The van der Waals surface area contributed by atoms with Crippen LogP contribution in [0.5, 0.6) is 0 Å². The molecule has 1 heterocycles. The topological polar surface area (TPSA) is 18.5 Å². The maximum absolute atomic E-state index is 12.6. The van der Waals surface area contributed by atoms with E-state index in [-0.39, 0.29) is 31.3 Å². The Morgan fingerprint density at radius 3 is 1.70 bits per heavy atom. The van der Waals surface area contributed by atoms with Crippen LogP contribution in [-0.4, -0.2) is 19.5 Å². The van der Waals surface area contributed by atoms with E-state index in [1.165, 1.54) is 0 Å². The van der Waals surface area contributed by atoms with E-state index >= 15 is 0 Å². The molecular weight excluding hydrogens is 290 g/mol. The molecule has 0 radical (unpaired) electrons. The first kappa shape index (κ1) is 15.1. The van der Waals surface area contributed by atoms with Crippen molar-refractivity contribution in [2.75, 3.05) is 13.2 Å². The zero-order valence-corrected chi connectivity index (χ0v) is 10.0. The van der Waals surface area contributed by atoms with Crippen LogP contribution in [0.25, 0.3) is 0 Å². The second-order valence-electron chi connectivity index (χ2n) is 4.29. The summed E-state index contributed by atoms with van der Waals surface area (Å²) < 4.78 is 85.8. The van der Waals surface area contributed by atoms with E-state index in [2.05, 4.69) is 0 Å². The molecule has 2 nitrogen and oxygen atoms in total. The summed E-state index contributed by atoms with van der Waals surface area (Å²) in [6.45, 7) is 0.547. The van der Waals surface area contributed by atoms with E-state index in [4.69, 9.17) is 9.47 Å². The first-order chi connectivity index (χ1) is 9.16. The van der Waals surface area contributed by atoms with Gasteiger partial charge in [0.1, 0.15) is 0 Å². The Morgan fingerprint density at radius 1 is 0.850 bits per heavy atom.